The highest BCUT2D eigenvalue weighted by Crippen LogP contribution is 2.35. The molecule has 1 aromatic carbocycles. The minimum atomic E-state index is -4.57. The van der Waals surface area contributed by atoms with E-state index in [4.69, 9.17) is 13.9 Å². The minimum absolute atomic E-state index is 0.00528. The van der Waals surface area contributed by atoms with Crippen molar-refractivity contribution in [3.05, 3.63) is 47.9 Å². The standard InChI is InChI=1S/C18H19F3N2O5/c1-26-8-9-28-15-3-2-13(18(19,20)21)10-14(15)23-16(24)4-6-22-17(25)12-5-7-27-11-12/h2-3,5,7,10-11H,4,6,8-9H2,1H3,(H,22,25)(H,23,24). The Morgan fingerprint density at radius 3 is 2.61 bits per heavy atom. The van der Waals surface area contributed by atoms with E-state index in [-0.39, 0.29) is 37.6 Å². The summed E-state index contributed by atoms with van der Waals surface area (Å²) in [5.74, 6) is -0.923. The average Bonchev–Trinajstić information content (AvgIpc) is 3.17. The highest BCUT2D eigenvalue weighted by atomic mass is 19.4. The normalized spacial score (nSPS) is 11.1. The van der Waals surface area contributed by atoms with Gasteiger partial charge in [0.2, 0.25) is 5.91 Å². The summed E-state index contributed by atoms with van der Waals surface area (Å²) in [6.45, 7) is 0.328. The number of furan rings is 1. The maximum Gasteiger partial charge on any atom is 0.416 e. The van der Waals surface area contributed by atoms with Crippen molar-refractivity contribution in [2.75, 3.05) is 32.2 Å². The number of nitrogens with one attached hydrogen (secondary N) is 2. The molecule has 0 radical (unpaired) electrons. The number of benzene rings is 1. The number of amides is 2. The van der Waals surface area contributed by atoms with Crippen LogP contribution in [0.5, 0.6) is 5.75 Å². The van der Waals surface area contributed by atoms with Gasteiger partial charge < -0.3 is 24.5 Å². The van der Waals surface area contributed by atoms with Gasteiger partial charge >= 0.3 is 6.18 Å². The van der Waals surface area contributed by atoms with Crippen molar-refractivity contribution >= 4 is 17.5 Å². The summed E-state index contributed by atoms with van der Waals surface area (Å²) in [6, 6.07) is 4.25. The molecule has 2 aromatic rings. The molecule has 0 aliphatic heterocycles. The molecule has 0 bridgehead atoms. The first-order valence-corrected chi connectivity index (χ1v) is 8.24. The Hall–Kier alpha value is -3.01. The lowest BCUT2D eigenvalue weighted by Crippen LogP contribution is -2.27. The van der Waals surface area contributed by atoms with Gasteiger partial charge in [0.05, 0.1) is 29.7 Å². The quantitative estimate of drug-likeness (QED) is 0.632. The van der Waals surface area contributed by atoms with E-state index in [2.05, 4.69) is 10.6 Å². The van der Waals surface area contributed by atoms with Crippen molar-refractivity contribution in [3.8, 4) is 5.75 Å². The number of carbonyl (C=O) groups is 2. The molecular weight excluding hydrogens is 381 g/mol. The summed E-state index contributed by atoms with van der Waals surface area (Å²) >= 11 is 0. The number of carbonyl (C=O) groups excluding carboxylic acids is 2. The summed E-state index contributed by atoms with van der Waals surface area (Å²) in [5.41, 5.74) is -0.737. The molecule has 0 atom stereocenters. The van der Waals surface area contributed by atoms with Crippen LogP contribution >= 0.6 is 0 Å². The average molecular weight is 400 g/mol. The highest BCUT2D eigenvalue weighted by molar-refractivity contribution is 5.95. The molecule has 0 aliphatic carbocycles. The fourth-order valence-electron chi connectivity index (χ4n) is 2.16. The number of hydrogen-bond donors (Lipinski definition) is 2. The molecule has 0 fully saturated rings. The van der Waals surface area contributed by atoms with Crippen LogP contribution in [-0.2, 0) is 15.7 Å². The lowest BCUT2D eigenvalue weighted by Gasteiger charge is -2.15. The fourth-order valence-corrected chi connectivity index (χ4v) is 2.16. The van der Waals surface area contributed by atoms with E-state index in [1.165, 1.54) is 25.7 Å². The van der Waals surface area contributed by atoms with Crippen LogP contribution in [0.25, 0.3) is 0 Å². The Bertz CT molecular complexity index is 791. The molecule has 0 spiro atoms. The summed E-state index contributed by atoms with van der Waals surface area (Å²) in [7, 11) is 1.45. The van der Waals surface area contributed by atoms with Crippen LogP contribution in [0, 0.1) is 0 Å². The third-order valence-corrected chi connectivity index (χ3v) is 3.55. The molecule has 2 N–H and O–H groups in total. The van der Waals surface area contributed by atoms with Gasteiger partial charge in [0.15, 0.2) is 0 Å². The highest BCUT2D eigenvalue weighted by Gasteiger charge is 2.31. The van der Waals surface area contributed by atoms with Gasteiger partial charge in [-0.25, -0.2) is 0 Å². The molecule has 2 rings (SSSR count). The van der Waals surface area contributed by atoms with Crippen LogP contribution in [0.4, 0.5) is 18.9 Å². The van der Waals surface area contributed by atoms with E-state index < -0.39 is 23.6 Å². The van der Waals surface area contributed by atoms with Crippen molar-refractivity contribution in [3.63, 3.8) is 0 Å². The molecule has 0 unspecified atom stereocenters. The van der Waals surface area contributed by atoms with Crippen molar-refractivity contribution in [2.24, 2.45) is 0 Å². The van der Waals surface area contributed by atoms with E-state index in [1.807, 2.05) is 0 Å². The van der Waals surface area contributed by atoms with Gasteiger partial charge in [-0.1, -0.05) is 0 Å². The van der Waals surface area contributed by atoms with Gasteiger partial charge in [0.25, 0.3) is 5.91 Å². The van der Waals surface area contributed by atoms with Crippen LogP contribution in [0.1, 0.15) is 22.3 Å². The van der Waals surface area contributed by atoms with E-state index >= 15 is 0 Å². The molecule has 1 aromatic heterocycles. The monoisotopic (exact) mass is 400 g/mol. The van der Waals surface area contributed by atoms with Crippen LogP contribution in [-0.4, -0.2) is 38.7 Å². The molecule has 28 heavy (non-hydrogen) atoms. The number of anilines is 1. The number of methoxy groups -OCH3 is 1. The molecule has 1 heterocycles. The van der Waals surface area contributed by atoms with Gasteiger partial charge in [-0.2, -0.15) is 13.2 Å². The third kappa shape index (κ3) is 6.31. The van der Waals surface area contributed by atoms with E-state index in [0.717, 1.165) is 18.2 Å². The van der Waals surface area contributed by atoms with E-state index in [9.17, 15) is 22.8 Å². The lowest BCUT2D eigenvalue weighted by molar-refractivity contribution is -0.137. The largest absolute Gasteiger partial charge is 0.489 e. The van der Waals surface area contributed by atoms with Gasteiger partial charge in [0, 0.05) is 20.1 Å². The van der Waals surface area contributed by atoms with Gasteiger partial charge in [-0.05, 0) is 24.3 Å². The fraction of sp³-hybridized carbons (Fsp3) is 0.333. The van der Waals surface area contributed by atoms with E-state index in [0.29, 0.717) is 5.56 Å². The smallest absolute Gasteiger partial charge is 0.416 e. The van der Waals surface area contributed by atoms with Crippen LogP contribution < -0.4 is 15.4 Å². The first kappa shape index (κ1) is 21.3. The second kappa shape index (κ2) is 9.79. The lowest BCUT2D eigenvalue weighted by atomic mass is 10.1. The molecule has 152 valence electrons. The summed E-state index contributed by atoms with van der Waals surface area (Å²) in [5, 5.41) is 4.89. The Balaban J connectivity index is 1.98. The Labute approximate surface area is 158 Å². The molecule has 0 saturated heterocycles. The van der Waals surface area contributed by atoms with E-state index in [1.54, 1.807) is 0 Å². The SMILES string of the molecule is COCCOc1ccc(C(F)(F)F)cc1NC(=O)CCNC(=O)c1ccoc1. The maximum atomic E-state index is 12.9. The predicted molar refractivity (Wildman–Crippen MR) is 93.1 cm³/mol. The second-order valence-electron chi connectivity index (χ2n) is 5.62. The maximum absolute atomic E-state index is 12.9. The number of hydrogen-bond acceptors (Lipinski definition) is 5. The van der Waals surface area contributed by atoms with Crippen molar-refractivity contribution in [1.82, 2.24) is 5.32 Å². The first-order valence-electron chi connectivity index (χ1n) is 8.24. The van der Waals surface area contributed by atoms with Gasteiger partial charge in [0.1, 0.15) is 18.6 Å². The van der Waals surface area contributed by atoms with Crippen LogP contribution in [0.2, 0.25) is 0 Å². The molecule has 2 amide bonds. The zero-order valence-corrected chi connectivity index (χ0v) is 15.0. The third-order valence-electron chi connectivity index (χ3n) is 3.55. The van der Waals surface area contributed by atoms with Crippen LogP contribution in [0.3, 0.4) is 0 Å². The second-order valence-corrected chi connectivity index (χ2v) is 5.62. The molecule has 10 heteroatoms. The zero-order valence-electron chi connectivity index (χ0n) is 15.0. The summed E-state index contributed by atoms with van der Waals surface area (Å²) in [4.78, 5) is 23.8. The molecule has 0 aliphatic rings. The van der Waals surface area contributed by atoms with Crippen LogP contribution in [0.15, 0.2) is 41.2 Å². The molecule has 7 nitrogen and oxygen atoms in total. The van der Waals surface area contributed by atoms with Gasteiger partial charge in [-0.3, -0.25) is 9.59 Å². The molecular formula is C18H19F3N2O5. The molecule has 0 saturated carbocycles. The predicted octanol–water partition coefficient (Wildman–Crippen LogP) is 3.08. The van der Waals surface area contributed by atoms with Crippen molar-refractivity contribution in [1.29, 1.82) is 0 Å². The number of alkyl halides is 3. The number of halogens is 3. The zero-order chi connectivity index (χ0) is 20.6. The minimum Gasteiger partial charge on any atom is -0.489 e. The first-order chi connectivity index (χ1) is 13.3. The summed E-state index contributed by atoms with van der Waals surface area (Å²) < 4.78 is 53.8. The topological polar surface area (TPSA) is 89.8 Å². The van der Waals surface area contributed by atoms with Crippen molar-refractivity contribution in [2.45, 2.75) is 12.6 Å². The Kier molecular flexibility index (Phi) is 7.44. The summed E-state index contributed by atoms with van der Waals surface area (Å²) in [6.07, 6.45) is -2.12. The number of rotatable bonds is 9. The number of ether oxygens (including phenoxy) is 2. The van der Waals surface area contributed by atoms with Crippen molar-refractivity contribution < 1.29 is 36.7 Å². The Morgan fingerprint density at radius 2 is 1.96 bits per heavy atom. The van der Waals surface area contributed by atoms with Gasteiger partial charge in [-0.15, -0.1) is 0 Å². The Morgan fingerprint density at radius 1 is 1.18 bits per heavy atom.